The van der Waals surface area contributed by atoms with Gasteiger partial charge in [-0.25, -0.2) is 4.98 Å². The minimum atomic E-state index is -0.123. The van der Waals surface area contributed by atoms with Gasteiger partial charge in [-0.2, -0.15) is 0 Å². The van der Waals surface area contributed by atoms with E-state index in [1.807, 2.05) is 10.3 Å². The van der Waals surface area contributed by atoms with Crippen molar-refractivity contribution in [1.29, 1.82) is 0 Å². The zero-order valence-electron chi connectivity index (χ0n) is 11.1. The zero-order chi connectivity index (χ0) is 13.7. The second kappa shape index (κ2) is 4.55. The summed E-state index contributed by atoms with van der Waals surface area (Å²) >= 11 is 1.39. The maximum Gasteiger partial charge on any atom is 0.226 e. The summed E-state index contributed by atoms with van der Waals surface area (Å²) in [6, 6.07) is 0.486. The molecular weight excluding hydrogens is 274 g/mol. The number of nitrogens with one attached hydrogen (secondary N) is 1. The molecule has 1 N–H and O–H groups in total. The van der Waals surface area contributed by atoms with E-state index in [9.17, 15) is 9.59 Å². The first-order valence-electron chi connectivity index (χ1n) is 7.21. The average Bonchev–Trinajstić information content (AvgIpc) is 2.82. The van der Waals surface area contributed by atoms with Crippen LogP contribution in [-0.4, -0.2) is 34.3 Å². The SMILES string of the molecule is O=C(CCC(=O)N1C[C@@H]2C[C@H]1[C@H]1C[C@@H]21)Nc1nccs1. The number of hydrogen-bond donors (Lipinski definition) is 1. The largest absolute Gasteiger partial charge is 0.339 e. The van der Waals surface area contributed by atoms with E-state index in [2.05, 4.69) is 10.3 Å². The number of hydrogen-bond acceptors (Lipinski definition) is 4. The van der Waals surface area contributed by atoms with Crippen LogP contribution in [0.3, 0.4) is 0 Å². The van der Waals surface area contributed by atoms with Gasteiger partial charge in [0.1, 0.15) is 0 Å². The van der Waals surface area contributed by atoms with Crippen LogP contribution in [0.15, 0.2) is 11.6 Å². The van der Waals surface area contributed by atoms with Crippen molar-refractivity contribution in [3.05, 3.63) is 11.6 Å². The first-order valence-corrected chi connectivity index (χ1v) is 8.09. The van der Waals surface area contributed by atoms with Gasteiger partial charge in [0.05, 0.1) is 0 Å². The lowest BCUT2D eigenvalue weighted by atomic mass is 10.1. The number of anilines is 1. The molecule has 2 aliphatic carbocycles. The number of aromatic nitrogens is 1. The summed E-state index contributed by atoms with van der Waals surface area (Å²) in [5, 5.41) is 5.13. The molecule has 1 aromatic rings. The molecule has 1 aromatic heterocycles. The third kappa shape index (κ3) is 2.02. The highest BCUT2D eigenvalue weighted by atomic mass is 32.1. The summed E-state index contributed by atoms with van der Waals surface area (Å²) in [5.74, 6) is 2.47. The predicted octanol–water partition coefficient (Wildman–Crippen LogP) is 1.73. The molecule has 20 heavy (non-hydrogen) atoms. The van der Waals surface area contributed by atoms with Gasteiger partial charge in [0.15, 0.2) is 5.13 Å². The van der Waals surface area contributed by atoms with Gasteiger partial charge in [-0.1, -0.05) is 0 Å². The summed E-state index contributed by atoms with van der Waals surface area (Å²) in [6.07, 6.45) is 4.74. The first kappa shape index (κ1) is 12.3. The number of rotatable bonds is 4. The van der Waals surface area contributed by atoms with Gasteiger partial charge in [0.25, 0.3) is 0 Å². The molecule has 2 amide bonds. The average molecular weight is 291 g/mol. The molecule has 2 saturated carbocycles. The Hall–Kier alpha value is -1.43. The molecule has 3 aliphatic rings. The maximum absolute atomic E-state index is 12.2. The van der Waals surface area contributed by atoms with Crippen molar-refractivity contribution >= 4 is 28.3 Å². The van der Waals surface area contributed by atoms with E-state index < -0.39 is 0 Å². The molecular formula is C14H17N3O2S. The molecule has 4 atom stereocenters. The Kier molecular flexibility index (Phi) is 2.80. The molecule has 0 unspecified atom stereocenters. The number of thiazole rings is 1. The van der Waals surface area contributed by atoms with Crippen molar-refractivity contribution < 1.29 is 9.59 Å². The van der Waals surface area contributed by atoms with Crippen LogP contribution in [0, 0.1) is 17.8 Å². The Morgan fingerprint density at radius 3 is 2.95 bits per heavy atom. The molecule has 5 nitrogen and oxygen atoms in total. The molecule has 106 valence electrons. The Balaban J connectivity index is 1.27. The van der Waals surface area contributed by atoms with Gasteiger partial charge in [-0.3, -0.25) is 9.59 Å². The number of carbonyl (C=O) groups excluding carboxylic acids is 2. The van der Waals surface area contributed by atoms with Crippen LogP contribution in [0.4, 0.5) is 5.13 Å². The second-order valence-corrected chi connectivity index (χ2v) is 6.95. The van der Waals surface area contributed by atoms with Crippen molar-refractivity contribution in [2.75, 3.05) is 11.9 Å². The Morgan fingerprint density at radius 2 is 2.25 bits per heavy atom. The molecule has 0 spiro atoms. The van der Waals surface area contributed by atoms with Crippen molar-refractivity contribution in [3.8, 4) is 0 Å². The first-order chi connectivity index (χ1) is 9.72. The van der Waals surface area contributed by atoms with Gasteiger partial charge < -0.3 is 10.2 Å². The molecule has 3 fully saturated rings. The van der Waals surface area contributed by atoms with Gasteiger partial charge in [0, 0.05) is 37.0 Å². The van der Waals surface area contributed by atoms with Gasteiger partial charge >= 0.3 is 0 Å². The third-order valence-electron chi connectivity index (χ3n) is 4.93. The Morgan fingerprint density at radius 1 is 1.35 bits per heavy atom. The van der Waals surface area contributed by atoms with Gasteiger partial charge in [-0.15, -0.1) is 11.3 Å². The van der Waals surface area contributed by atoms with E-state index >= 15 is 0 Å². The number of piperidine rings is 1. The summed E-state index contributed by atoms with van der Waals surface area (Å²) < 4.78 is 0. The molecule has 1 aliphatic heterocycles. The Bertz CT molecular complexity index is 545. The number of likely N-dealkylation sites (tertiary alicyclic amines) is 1. The molecule has 4 rings (SSSR count). The number of nitrogens with zero attached hydrogens (tertiary/aromatic N) is 2. The van der Waals surface area contributed by atoms with Crippen LogP contribution in [0.5, 0.6) is 0 Å². The fourth-order valence-corrected chi connectivity index (χ4v) is 4.50. The third-order valence-corrected chi connectivity index (χ3v) is 5.62. The lowest BCUT2D eigenvalue weighted by molar-refractivity contribution is -0.134. The van der Waals surface area contributed by atoms with E-state index in [-0.39, 0.29) is 18.2 Å². The van der Waals surface area contributed by atoms with E-state index in [0.29, 0.717) is 17.6 Å². The molecule has 2 heterocycles. The standard InChI is InChI=1S/C14H17N3O2S/c18-12(16-14-15-3-4-20-14)1-2-13(19)17-7-8-5-11(17)10-6-9(8)10/h3-4,8-11H,1-2,5-7H2,(H,15,16,18)/t8-,9-,10-,11-/m0/s1. The lowest BCUT2D eigenvalue weighted by Gasteiger charge is -2.26. The minimum absolute atomic E-state index is 0.123. The quantitative estimate of drug-likeness (QED) is 0.919. The molecule has 0 aromatic carbocycles. The zero-order valence-corrected chi connectivity index (χ0v) is 11.9. The predicted molar refractivity (Wildman–Crippen MR) is 75.2 cm³/mol. The highest BCUT2D eigenvalue weighted by molar-refractivity contribution is 7.13. The van der Waals surface area contributed by atoms with E-state index in [1.54, 1.807) is 6.20 Å². The van der Waals surface area contributed by atoms with E-state index in [4.69, 9.17) is 0 Å². The summed E-state index contributed by atoms with van der Waals surface area (Å²) in [6.45, 7) is 0.929. The number of carbonyl (C=O) groups is 2. The van der Waals surface area contributed by atoms with Crippen LogP contribution in [-0.2, 0) is 9.59 Å². The fourth-order valence-electron chi connectivity index (χ4n) is 3.95. The Labute approximate surface area is 121 Å². The molecule has 1 saturated heterocycles. The van der Waals surface area contributed by atoms with Gasteiger partial charge in [-0.05, 0) is 30.6 Å². The second-order valence-electron chi connectivity index (χ2n) is 6.06. The minimum Gasteiger partial charge on any atom is -0.339 e. The smallest absolute Gasteiger partial charge is 0.226 e. The van der Waals surface area contributed by atoms with E-state index in [0.717, 1.165) is 24.3 Å². The van der Waals surface area contributed by atoms with Crippen molar-refractivity contribution in [3.63, 3.8) is 0 Å². The van der Waals surface area contributed by atoms with Crippen LogP contribution in [0.25, 0.3) is 0 Å². The van der Waals surface area contributed by atoms with Crippen molar-refractivity contribution in [2.24, 2.45) is 17.8 Å². The van der Waals surface area contributed by atoms with Crippen molar-refractivity contribution in [1.82, 2.24) is 9.88 Å². The highest BCUT2D eigenvalue weighted by Crippen LogP contribution is 2.61. The fraction of sp³-hybridized carbons (Fsp3) is 0.643. The highest BCUT2D eigenvalue weighted by Gasteiger charge is 2.61. The normalized spacial score (nSPS) is 33.1. The van der Waals surface area contributed by atoms with Crippen LogP contribution in [0.1, 0.15) is 25.7 Å². The van der Waals surface area contributed by atoms with E-state index in [1.165, 1.54) is 24.2 Å². The topological polar surface area (TPSA) is 62.3 Å². The lowest BCUT2D eigenvalue weighted by Crippen LogP contribution is -2.39. The van der Waals surface area contributed by atoms with Crippen LogP contribution >= 0.6 is 11.3 Å². The number of fused-ring (bicyclic) bond motifs is 5. The maximum atomic E-state index is 12.2. The van der Waals surface area contributed by atoms with Crippen molar-refractivity contribution in [2.45, 2.75) is 31.7 Å². The molecule has 2 bridgehead atoms. The van der Waals surface area contributed by atoms with Crippen LogP contribution in [0.2, 0.25) is 0 Å². The summed E-state index contributed by atoms with van der Waals surface area (Å²) in [7, 11) is 0. The van der Waals surface area contributed by atoms with Crippen LogP contribution < -0.4 is 5.32 Å². The summed E-state index contributed by atoms with van der Waals surface area (Å²) in [4.78, 5) is 30.0. The van der Waals surface area contributed by atoms with Gasteiger partial charge in [0.2, 0.25) is 11.8 Å². The molecule has 6 heteroatoms. The number of amides is 2. The molecule has 0 radical (unpaired) electrons. The monoisotopic (exact) mass is 291 g/mol. The summed E-state index contributed by atoms with van der Waals surface area (Å²) in [5.41, 5.74) is 0.